The van der Waals surface area contributed by atoms with Crippen molar-refractivity contribution in [3.8, 4) is 0 Å². The van der Waals surface area contributed by atoms with Crippen molar-refractivity contribution in [1.29, 1.82) is 0 Å². The van der Waals surface area contributed by atoms with Crippen molar-refractivity contribution in [3.05, 3.63) is 54.6 Å². The molecule has 0 heterocycles. The van der Waals surface area contributed by atoms with Gasteiger partial charge in [-0.3, -0.25) is 9.01 Å². The Labute approximate surface area is 127 Å². The smallest absolute Gasteiger partial charge is 0.511 e. The van der Waals surface area contributed by atoms with Gasteiger partial charge in [-0.05, 0) is 34.4 Å². The summed E-state index contributed by atoms with van der Waals surface area (Å²) in [5.74, 6) is 0. The van der Waals surface area contributed by atoms with Gasteiger partial charge in [0.05, 0.1) is 0 Å². The first-order chi connectivity index (χ1) is 10.3. The van der Waals surface area contributed by atoms with E-state index in [0.717, 1.165) is 16.2 Å². The van der Waals surface area contributed by atoms with Gasteiger partial charge in [0.1, 0.15) is 4.90 Å². The number of hydrogen-bond acceptors (Lipinski definition) is 3. The van der Waals surface area contributed by atoms with E-state index < -0.39 is 19.3 Å². The highest BCUT2D eigenvalue weighted by Gasteiger charge is 2.13. The fourth-order valence-electron chi connectivity index (χ4n) is 2.16. The maximum atomic E-state index is 11.3. The Bertz CT molecular complexity index is 948. The molecule has 3 aromatic rings. The van der Waals surface area contributed by atoms with E-state index in [1.54, 1.807) is 12.1 Å². The van der Waals surface area contributed by atoms with E-state index in [-0.39, 0.29) is 4.90 Å². The Morgan fingerprint density at radius 2 is 1.32 bits per heavy atom. The third-order valence-electron chi connectivity index (χ3n) is 2.98. The molecule has 0 aliphatic carbocycles. The van der Waals surface area contributed by atoms with Gasteiger partial charge in [-0.2, -0.15) is 8.42 Å². The van der Waals surface area contributed by atoms with Gasteiger partial charge < -0.3 is 9.59 Å². The number of fused-ring (bicyclic) bond motifs is 2. The molecular weight excluding hydrogens is 324 g/mol. The van der Waals surface area contributed by atoms with Crippen LogP contribution in [0.15, 0.2) is 59.5 Å². The van der Waals surface area contributed by atoms with Crippen LogP contribution in [0.4, 0.5) is 0 Å². The molecular formula is C14H12O6SSi. The Kier molecular flexibility index (Phi) is 4.55. The third-order valence-corrected chi connectivity index (χ3v) is 3.90. The summed E-state index contributed by atoms with van der Waals surface area (Å²) >= 11 is 0. The van der Waals surface area contributed by atoms with Crippen LogP contribution < -0.4 is 0 Å². The SMILES string of the molecule is O=S(=O)(O)c1cccc2cc3ccccc3cc12.O=[Si](O)O. The number of hydrogen-bond donors (Lipinski definition) is 3. The maximum Gasteiger partial charge on any atom is 0.761 e. The van der Waals surface area contributed by atoms with Crippen LogP contribution in [0.3, 0.4) is 0 Å². The summed E-state index contributed by atoms with van der Waals surface area (Å²) in [4.78, 5) is 14.3. The lowest BCUT2D eigenvalue weighted by Crippen LogP contribution is -1.98. The van der Waals surface area contributed by atoms with Gasteiger partial charge in [-0.25, -0.2) is 0 Å². The highest BCUT2D eigenvalue weighted by Crippen LogP contribution is 2.27. The second-order valence-electron chi connectivity index (χ2n) is 4.43. The molecule has 6 nitrogen and oxygen atoms in total. The van der Waals surface area contributed by atoms with E-state index in [1.807, 2.05) is 36.4 Å². The zero-order valence-electron chi connectivity index (χ0n) is 11.2. The number of rotatable bonds is 1. The first-order valence-corrected chi connectivity index (χ1v) is 8.84. The average molecular weight is 336 g/mol. The van der Waals surface area contributed by atoms with Crippen molar-refractivity contribution >= 4 is 40.8 Å². The van der Waals surface area contributed by atoms with Gasteiger partial charge in [0.15, 0.2) is 0 Å². The molecule has 3 aromatic carbocycles. The first kappa shape index (κ1) is 16.1. The Morgan fingerprint density at radius 3 is 1.86 bits per heavy atom. The van der Waals surface area contributed by atoms with E-state index in [9.17, 15) is 13.0 Å². The molecule has 22 heavy (non-hydrogen) atoms. The van der Waals surface area contributed by atoms with Gasteiger partial charge in [0, 0.05) is 5.39 Å². The summed E-state index contributed by atoms with van der Waals surface area (Å²) in [6, 6.07) is 16.3. The fraction of sp³-hybridized carbons (Fsp3) is 0. The quantitative estimate of drug-likeness (QED) is 0.354. The van der Waals surface area contributed by atoms with Crippen molar-refractivity contribution in [2.24, 2.45) is 0 Å². The lowest BCUT2D eigenvalue weighted by molar-refractivity contribution is 0.330. The Hall–Kier alpha value is -2.29. The summed E-state index contributed by atoms with van der Waals surface area (Å²) in [7, 11) is -7.33. The summed E-state index contributed by atoms with van der Waals surface area (Å²) in [6.45, 7) is 0. The largest absolute Gasteiger partial charge is 0.761 e. The highest BCUT2D eigenvalue weighted by atomic mass is 32.2. The van der Waals surface area contributed by atoms with Gasteiger partial charge in [0.25, 0.3) is 10.1 Å². The van der Waals surface area contributed by atoms with Crippen LogP contribution in [0.25, 0.3) is 21.5 Å². The Morgan fingerprint density at radius 1 is 0.818 bits per heavy atom. The second-order valence-corrected chi connectivity index (χ2v) is 6.39. The van der Waals surface area contributed by atoms with E-state index in [1.165, 1.54) is 6.07 Å². The lowest BCUT2D eigenvalue weighted by Gasteiger charge is -2.05. The van der Waals surface area contributed by atoms with Gasteiger partial charge in [-0.15, -0.1) is 0 Å². The third kappa shape index (κ3) is 3.67. The van der Waals surface area contributed by atoms with E-state index in [0.29, 0.717) is 5.39 Å². The standard InChI is InChI=1S/C14H10O3S.H2O3Si/c15-18(16,17)14-7-3-6-12-8-10-4-1-2-5-11(10)9-13(12)14;1-4(2)3/h1-9H,(H,15,16,17);1-2H. The van der Waals surface area contributed by atoms with Crippen LogP contribution in [0.5, 0.6) is 0 Å². The molecule has 114 valence electrons. The number of benzene rings is 3. The molecule has 0 saturated heterocycles. The second kappa shape index (κ2) is 6.22. The maximum absolute atomic E-state index is 11.3. The molecule has 3 N–H and O–H groups in total. The first-order valence-electron chi connectivity index (χ1n) is 6.10. The van der Waals surface area contributed by atoms with E-state index in [2.05, 4.69) is 0 Å². The van der Waals surface area contributed by atoms with E-state index >= 15 is 0 Å². The summed E-state index contributed by atoms with van der Waals surface area (Å²) in [6.07, 6.45) is 0. The van der Waals surface area contributed by atoms with Crippen LogP contribution in [0.2, 0.25) is 0 Å². The molecule has 0 amide bonds. The van der Waals surface area contributed by atoms with Crippen molar-refractivity contribution < 1.29 is 27.0 Å². The van der Waals surface area contributed by atoms with E-state index in [4.69, 9.17) is 14.1 Å². The van der Waals surface area contributed by atoms with Crippen molar-refractivity contribution in [2.45, 2.75) is 4.90 Å². The molecule has 0 spiro atoms. The molecule has 0 atom stereocenters. The zero-order chi connectivity index (χ0) is 16.3. The highest BCUT2D eigenvalue weighted by molar-refractivity contribution is 7.86. The zero-order valence-corrected chi connectivity index (χ0v) is 13.0. The average Bonchev–Trinajstić information content (AvgIpc) is 2.42. The predicted octanol–water partition coefficient (Wildman–Crippen LogP) is 1.63. The molecule has 0 fully saturated rings. The van der Waals surface area contributed by atoms with Gasteiger partial charge in [0.2, 0.25) is 0 Å². The normalized spacial score (nSPS) is 11.0. The van der Waals surface area contributed by atoms with Crippen LogP contribution >= 0.6 is 0 Å². The topological polar surface area (TPSA) is 112 Å². The summed E-state index contributed by atoms with van der Waals surface area (Å²) in [5, 5.41) is 3.32. The molecule has 0 aliphatic rings. The molecule has 8 heteroatoms. The minimum absolute atomic E-state index is 0.0502. The van der Waals surface area contributed by atoms with Crippen LogP contribution in [0, 0.1) is 0 Å². The van der Waals surface area contributed by atoms with Crippen LogP contribution in [-0.2, 0) is 14.6 Å². The molecule has 3 rings (SSSR count). The van der Waals surface area contributed by atoms with Crippen molar-refractivity contribution in [3.63, 3.8) is 0 Å². The molecule has 0 radical (unpaired) electrons. The van der Waals surface area contributed by atoms with Crippen molar-refractivity contribution in [2.75, 3.05) is 0 Å². The predicted molar refractivity (Wildman–Crippen MR) is 82.1 cm³/mol. The van der Waals surface area contributed by atoms with Gasteiger partial charge >= 0.3 is 9.17 Å². The summed E-state index contributed by atoms with van der Waals surface area (Å²) in [5.41, 5.74) is 0. The molecule has 0 aromatic heterocycles. The summed E-state index contributed by atoms with van der Waals surface area (Å²) < 4.78 is 40.6. The fourth-order valence-corrected chi connectivity index (χ4v) is 2.87. The van der Waals surface area contributed by atoms with Crippen LogP contribution in [0.1, 0.15) is 0 Å². The molecule has 0 unspecified atom stereocenters. The molecule has 0 saturated carbocycles. The molecule has 0 bridgehead atoms. The van der Waals surface area contributed by atoms with Gasteiger partial charge in [-0.1, -0.05) is 36.4 Å². The van der Waals surface area contributed by atoms with Crippen molar-refractivity contribution in [1.82, 2.24) is 0 Å². The molecule has 0 aliphatic heterocycles. The van der Waals surface area contributed by atoms with Crippen LogP contribution in [-0.4, -0.2) is 31.7 Å². The monoisotopic (exact) mass is 336 g/mol. The minimum atomic E-state index is -4.20. The minimum Gasteiger partial charge on any atom is -0.511 e. The lowest BCUT2D eigenvalue weighted by atomic mass is 10.0. The Balaban J connectivity index is 0.000000396.